The first-order valence-electron chi connectivity index (χ1n) is 6.39. The molecule has 0 aliphatic rings. The van der Waals surface area contributed by atoms with Gasteiger partial charge in [-0.1, -0.05) is 45.0 Å². The molecule has 0 radical (unpaired) electrons. The fourth-order valence-corrected chi connectivity index (χ4v) is 1.84. The van der Waals surface area contributed by atoms with Crippen molar-refractivity contribution in [3.05, 3.63) is 35.4 Å². The highest BCUT2D eigenvalue weighted by Gasteiger charge is 2.01. The van der Waals surface area contributed by atoms with Crippen molar-refractivity contribution in [2.45, 2.75) is 40.0 Å². The predicted octanol–water partition coefficient (Wildman–Crippen LogP) is 3.41. The molecule has 0 spiro atoms. The highest BCUT2D eigenvalue weighted by molar-refractivity contribution is 5.22. The molecule has 1 aromatic rings. The van der Waals surface area contributed by atoms with Crippen molar-refractivity contribution in [1.82, 2.24) is 0 Å². The summed E-state index contributed by atoms with van der Waals surface area (Å²) in [5.41, 5.74) is 8.50. The van der Waals surface area contributed by atoms with Crippen LogP contribution in [0.15, 0.2) is 24.3 Å². The number of rotatable bonds is 6. The standard InChI is InChI=1S/C15H25N/c1-12(2)10-15-8-6-14(7-9-15)5-4-13(3)11-16/h6-9,12-13H,4-5,10-11,16H2,1-3H3. The molecular weight excluding hydrogens is 194 g/mol. The van der Waals surface area contributed by atoms with Crippen LogP contribution in [0.4, 0.5) is 0 Å². The average Bonchev–Trinajstić information content (AvgIpc) is 2.27. The maximum Gasteiger partial charge on any atom is -0.00514 e. The smallest absolute Gasteiger partial charge is 0.00514 e. The molecule has 1 rings (SSSR count). The largest absolute Gasteiger partial charge is 0.330 e. The first-order valence-corrected chi connectivity index (χ1v) is 6.39. The van der Waals surface area contributed by atoms with E-state index in [-0.39, 0.29) is 0 Å². The predicted molar refractivity (Wildman–Crippen MR) is 71.5 cm³/mol. The van der Waals surface area contributed by atoms with Gasteiger partial charge in [0, 0.05) is 0 Å². The van der Waals surface area contributed by atoms with Crippen molar-refractivity contribution in [1.29, 1.82) is 0 Å². The summed E-state index contributed by atoms with van der Waals surface area (Å²) in [6.45, 7) is 7.53. The quantitative estimate of drug-likeness (QED) is 0.779. The Morgan fingerprint density at radius 1 is 1.00 bits per heavy atom. The van der Waals surface area contributed by atoms with Crippen molar-refractivity contribution in [3.8, 4) is 0 Å². The fraction of sp³-hybridized carbons (Fsp3) is 0.600. The molecule has 0 heterocycles. The van der Waals surface area contributed by atoms with Crippen LogP contribution in [0.25, 0.3) is 0 Å². The monoisotopic (exact) mass is 219 g/mol. The molecule has 2 N–H and O–H groups in total. The minimum Gasteiger partial charge on any atom is -0.330 e. The lowest BCUT2D eigenvalue weighted by atomic mass is 9.98. The molecule has 0 saturated carbocycles. The molecule has 0 bridgehead atoms. The minimum absolute atomic E-state index is 0.635. The molecular formula is C15H25N. The third-order valence-corrected chi connectivity index (χ3v) is 3.00. The molecule has 0 amide bonds. The summed E-state index contributed by atoms with van der Waals surface area (Å²) in [7, 11) is 0. The van der Waals surface area contributed by atoms with Crippen molar-refractivity contribution in [2.24, 2.45) is 17.6 Å². The molecule has 1 unspecified atom stereocenters. The molecule has 0 aliphatic carbocycles. The van der Waals surface area contributed by atoms with Crippen LogP contribution in [0.2, 0.25) is 0 Å². The molecule has 0 aromatic heterocycles. The van der Waals surface area contributed by atoms with Gasteiger partial charge in [0.2, 0.25) is 0 Å². The van der Waals surface area contributed by atoms with Crippen LogP contribution in [-0.2, 0) is 12.8 Å². The van der Waals surface area contributed by atoms with Crippen molar-refractivity contribution in [2.75, 3.05) is 6.54 Å². The fourth-order valence-electron chi connectivity index (χ4n) is 1.84. The highest BCUT2D eigenvalue weighted by Crippen LogP contribution is 2.12. The molecule has 0 fully saturated rings. The normalized spacial score (nSPS) is 13.1. The molecule has 0 saturated heterocycles. The van der Waals surface area contributed by atoms with E-state index in [2.05, 4.69) is 45.0 Å². The lowest BCUT2D eigenvalue weighted by Crippen LogP contribution is -2.11. The Morgan fingerprint density at radius 3 is 2.06 bits per heavy atom. The third-order valence-electron chi connectivity index (χ3n) is 3.00. The zero-order chi connectivity index (χ0) is 12.0. The van der Waals surface area contributed by atoms with Gasteiger partial charge in [0.05, 0.1) is 0 Å². The molecule has 16 heavy (non-hydrogen) atoms. The van der Waals surface area contributed by atoms with Crippen LogP contribution in [0, 0.1) is 11.8 Å². The zero-order valence-corrected chi connectivity index (χ0v) is 10.9. The second-order valence-corrected chi connectivity index (χ2v) is 5.29. The maximum absolute atomic E-state index is 5.62. The molecule has 1 aromatic carbocycles. The van der Waals surface area contributed by atoms with E-state index in [1.165, 1.54) is 24.0 Å². The summed E-state index contributed by atoms with van der Waals surface area (Å²) < 4.78 is 0. The van der Waals surface area contributed by atoms with Crippen LogP contribution >= 0.6 is 0 Å². The van der Waals surface area contributed by atoms with Crippen LogP contribution in [0.5, 0.6) is 0 Å². The van der Waals surface area contributed by atoms with Crippen molar-refractivity contribution in [3.63, 3.8) is 0 Å². The van der Waals surface area contributed by atoms with Gasteiger partial charge in [-0.3, -0.25) is 0 Å². The van der Waals surface area contributed by atoms with Gasteiger partial charge in [-0.05, 0) is 48.8 Å². The Hall–Kier alpha value is -0.820. The van der Waals surface area contributed by atoms with Gasteiger partial charge >= 0.3 is 0 Å². The van der Waals surface area contributed by atoms with Crippen molar-refractivity contribution >= 4 is 0 Å². The highest BCUT2D eigenvalue weighted by atomic mass is 14.5. The van der Waals surface area contributed by atoms with E-state index >= 15 is 0 Å². The molecule has 1 nitrogen and oxygen atoms in total. The Morgan fingerprint density at radius 2 is 1.56 bits per heavy atom. The van der Waals surface area contributed by atoms with Gasteiger partial charge in [-0.2, -0.15) is 0 Å². The number of aryl methyl sites for hydroxylation is 1. The average molecular weight is 219 g/mol. The topological polar surface area (TPSA) is 26.0 Å². The molecule has 1 heteroatoms. The second kappa shape index (κ2) is 6.70. The van der Waals surface area contributed by atoms with Gasteiger partial charge in [-0.25, -0.2) is 0 Å². The van der Waals surface area contributed by atoms with Gasteiger partial charge in [0.1, 0.15) is 0 Å². The molecule has 0 aliphatic heterocycles. The van der Waals surface area contributed by atoms with E-state index < -0.39 is 0 Å². The third kappa shape index (κ3) is 4.80. The van der Waals surface area contributed by atoms with E-state index in [9.17, 15) is 0 Å². The van der Waals surface area contributed by atoms with E-state index in [1.807, 2.05) is 0 Å². The van der Waals surface area contributed by atoms with Crippen LogP contribution in [-0.4, -0.2) is 6.54 Å². The summed E-state index contributed by atoms with van der Waals surface area (Å²) in [6, 6.07) is 9.06. The van der Waals surface area contributed by atoms with Crippen molar-refractivity contribution < 1.29 is 0 Å². The first kappa shape index (κ1) is 13.2. The van der Waals surface area contributed by atoms with E-state index in [0.717, 1.165) is 18.9 Å². The summed E-state index contributed by atoms with van der Waals surface area (Å²) in [4.78, 5) is 0. The minimum atomic E-state index is 0.635. The Labute approximate surface area is 100 Å². The van der Waals surface area contributed by atoms with Crippen LogP contribution in [0.3, 0.4) is 0 Å². The lowest BCUT2D eigenvalue weighted by molar-refractivity contribution is 0.544. The van der Waals surface area contributed by atoms with Gasteiger partial charge in [0.25, 0.3) is 0 Å². The van der Waals surface area contributed by atoms with Gasteiger partial charge in [-0.15, -0.1) is 0 Å². The number of nitrogens with two attached hydrogens (primary N) is 1. The Balaban J connectivity index is 2.45. The zero-order valence-electron chi connectivity index (χ0n) is 10.9. The number of benzene rings is 1. The summed E-state index contributed by atoms with van der Waals surface area (Å²) in [5.74, 6) is 1.37. The van der Waals surface area contributed by atoms with E-state index in [4.69, 9.17) is 5.73 Å². The summed E-state index contributed by atoms with van der Waals surface area (Å²) in [6.07, 6.45) is 3.53. The van der Waals surface area contributed by atoms with E-state index in [1.54, 1.807) is 0 Å². The maximum atomic E-state index is 5.62. The van der Waals surface area contributed by atoms with E-state index in [0.29, 0.717) is 5.92 Å². The van der Waals surface area contributed by atoms with Crippen LogP contribution in [0.1, 0.15) is 38.3 Å². The Kier molecular flexibility index (Phi) is 5.54. The number of hydrogen-bond acceptors (Lipinski definition) is 1. The molecule has 1 atom stereocenters. The summed E-state index contributed by atoms with van der Waals surface area (Å²) >= 11 is 0. The van der Waals surface area contributed by atoms with Gasteiger partial charge < -0.3 is 5.73 Å². The molecule has 90 valence electrons. The second-order valence-electron chi connectivity index (χ2n) is 5.29. The Bertz CT molecular complexity index is 287. The summed E-state index contributed by atoms with van der Waals surface area (Å²) in [5, 5.41) is 0. The van der Waals surface area contributed by atoms with Gasteiger partial charge in [0.15, 0.2) is 0 Å². The number of hydrogen-bond donors (Lipinski definition) is 1. The SMILES string of the molecule is CC(C)Cc1ccc(CCC(C)CN)cc1. The first-order chi connectivity index (χ1) is 7.61. The van der Waals surface area contributed by atoms with Crippen LogP contribution < -0.4 is 5.73 Å². The lowest BCUT2D eigenvalue weighted by Gasteiger charge is -2.09.